The van der Waals surface area contributed by atoms with E-state index in [-0.39, 0.29) is 4.90 Å². The molecule has 0 aliphatic carbocycles. The Kier molecular flexibility index (Phi) is 4.74. The van der Waals surface area contributed by atoms with Gasteiger partial charge in [-0.1, -0.05) is 35.9 Å². The highest BCUT2D eigenvalue weighted by Crippen LogP contribution is 2.33. The Hall–Kier alpha value is -2.44. The minimum atomic E-state index is -3.80. The van der Waals surface area contributed by atoms with E-state index in [1.54, 1.807) is 18.2 Å². The summed E-state index contributed by atoms with van der Waals surface area (Å²) in [5.74, 6) is 0.796. The molecule has 0 aliphatic rings. The second-order valence-electron chi connectivity index (χ2n) is 5.26. The summed E-state index contributed by atoms with van der Waals surface area (Å²) < 4.78 is 38.4. The monoisotopic (exact) mass is 377 g/mol. The van der Waals surface area contributed by atoms with Crippen molar-refractivity contribution in [3.8, 4) is 11.5 Å². The fraction of sp³-hybridized carbons (Fsp3) is 0.111. The van der Waals surface area contributed by atoms with Gasteiger partial charge in [-0.05, 0) is 24.3 Å². The van der Waals surface area contributed by atoms with Gasteiger partial charge in [0.05, 0.1) is 24.8 Å². The van der Waals surface area contributed by atoms with Gasteiger partial charge in [0.25, 0.3) is 10.0 Å². The fourth-order valence-electron chi connectivity index (χ4n) is 2.54. The summed E-state index contributed by atoms with van der Waals surface area (Å²) in [7, 11) is -0.861. The lowest BCUT2D eigenvalue weighted by Crippen LogP contribution is -2.13. The molecule has 0 heterocycles. The zero-order chi connectivity index (χ0) is 18.0. The first-order chi connectivity index (χ1) is 12.0. The molecular weight excluding hydrogens is 362 g/mol. The molecule has 0 saturated heterocycles. The number of sulfonamides is 1. The second kappa shape index (κ2) is 6.82. The number of ether oxygens (including phenoxy) is 2. The van der Waals surface area contributed by atoms with E-state index < -0.39 is 10.0 Å². The molecule has 25 heavy (non-hydrogen) atoms. The summed E-state index contributed by atoms with van der Waals surface area (Å²) in [4.78, 5) is 0.0733. The van der Waals surface area contributed by atoms with Crippen LogP contribution in [0, 0.1) is 0 Å². The molecule has 130 valence electrons. The average molecular weight is 378 g/mol. The number of rotatable bonds is 5. The molecule has 0 bridgehead atoms. The van der Waals surface area contributed by atoms with Crippen LogP contribution in [0.5, 0.6) is 11.5 Å². The zero-order valence-corrected chi connectivity index (χ0v) is 15.2. The Balaban J connectivity index is 2.04. The first kappa shape index (κ1) is 17.4. The fourth-order valence-corrected chi connectivity index (χ4v) is 3.86. The molecule has 7 heteroatoms. The van der Waals surface area contributed by atoms with Crippen molar-refractivity contribution in [2.75, 3.05) is 18.9 Å². The van der Waals surface area contributed by atoms with Crippen LogP contribution in [0.3, 0.4) is 0 Å². The van der Waals surface area contributed by atoms with Crippen molar-refractivity contribution in [1.82, 2.24) is 0 Å². The highest BCUT2D eigenvalue weighted by molar-refractivity contribution is 7.92. The summed E-state index contributed by atoms with van der Waals surface area (Å²) in [6, 6.07) is 15.1. The molecule has 0 radical (unpaired) electrons. The zero-order valence-electron chi connectivity index (χ0n) is 13.6. The van der Waals surface area contributed by atoms with Crippen LogP contribution in [-0.2, 0) is 10.0 Å². The van der Waals surface area contributed by atoms with Gasteiger partial charge in [-0.2, -0.15) is 0 Å². The van der Waals surface area contributed by atoms with Crippen molar-refractivity contribution in [2.24, 2.45) is 0 Å². The van der Waals surface area contributed by atoms with Crippen molar-refractivity contribution in [3.05, 3.63) is 59.6 Å². The first-order valence-electron chi connectivity index (χ1n) is 7.38. The van der Waals surface area contributed by atoms with Crippen LogP contribution in [0.1, 0.15) is 0 Å². The summed E-state index contributed by atoms with van der Waals surface area (Å²) in [5, 5.41) is 2.06. The van der Waals surface area contributed by atoms with E-state index in [9.17, 15) is 8.42 Å². The maximum absolute atomic E-state index is 12.8. The Morgan fingerprint density at radius 1 is 0.880 bits per heavy atom. The van der Waals surface area contributed by atoms with E-state index in [1.165, 1.54) is 26.4 Å². The number of anilines is 1. The Bertz CT molecular complexity index is 1030. The molecule has 5 nitrogen and oxygen atoms in total. The lowest BCUT2D eigenvalue weighted by Gasteiger charge is -2.13. The summed E-state index contributed by atoms with van der Waals surface area (Å²) in [6.07, 6.45) is 0. The third-order valence-electron chi connectivity index (χ3n) is 3.78. The van der Waals surface area contributed by atoms with E-state index in [4.69, 9.17) is 21.1 Å². The van der Waals surface area contributed by atoms with E-state index in [1.807, 2.05) is 24.3 Å². The maximum atomic E-state index is 12.8. The van der Waals surface area contributed by atoms with Crippen molar-refractivity contribution in [2.45, 2.75) is 4.90 Å². The predicted octanol–water partition coefficient (Wildman–Crippen LogP) is 4.31. The number of fused-ring (bicyclic) bond motifs is 1. The Morgan fingerprint density at radius 3 is 2.24 bits per heavy atom. The molecular formula is C18H16ClNO4S. The van der Waals surface area contributed by atoms with Gasteiger partial charge in [0.2, 0.25) is 0 Å². The van der Waals surface area contributed by atoms with Gasteiger partial charge in [0.15, 0.2) is 11.5 Å². The van der Waals surface area contributed by atoms with Crippen molar-refractivity contribution < 1.29 is 17.9 Å². The topological polar surface area (TPSA) is 64.6 Å². The van der Waals surface area contributed by atoms with Gasteiger partial charge in [-0.3, -0.25) is 4.72 Å². The molecule has 3 rings (SSSR count). The van der Waals surface area contributed by atoms with Crippen LogP contribution in [0.2, 0.25) is 5.02 Å². The molecule has 0 aromatic heterocycles. The van der Waals surface area contributed by atoms with Gasteiger partial charge in [-0.15, -0.1) is 0 Å². The van der Waals surface area contributed by atoms with Gasteiger partial charge < -0.3 is 9.47 Å². The van der Waals surface area contributed by atoms with Crippen LogP contribution in [-0.4, -0.2) is 22.6 Å². The third-order valence-corrected chi connectivity index (χ3v) is 5.47. The van der Waals surface area contributed by atoms with E-state index in [0.717, 1.165) is 10.8 Å². The van der Waals surface area contributed by atoms with E-state index in [2.05, 4.69) is 4.72 Å². The highest BCUT2D eigenvalue weighted by atomic mass is 35.5. The lowest BCUT2D eigenvalue weighted by molar-refractivity contribution is 0.354. The average Bonchev–Trinajstić information content (AvgIpc) is 2.63. The number of nitrogens with one attached hydrogen (secondary N) is 1. The Morgan fingerprint density at radius 2 is 1.56 bits per heavy atom. The molecule has 0 aliphatic heterocycles. The lowest BCUT2D eigenvalue weighted by atomic mass is 10.1. The van der Waals surface area contributed by atoms with Crippen LogP contribution < -0.4 is 14.2 Å². The molecule has 0 saturated carbocycles. The van der Waals surface area contributed by atoms with Gasteiger partial charge >= 0.3 is 0 Å². The van der Waals surface area contributed by atoms with Crippen LogP contribution in [0.25, 0.3) is 10.8 Å². The standard InChI is InChI=1S/C18H16ClNO4S/c1-23-17-10-7-12(11-18(17)24-2)25(21,22)20-16-9-8-15(19)13-5-3-4-6-14(13)16/h3-11,20H,1-2H3. The highest BCUT2D eigenvalue weighted by Gasteiger charge is 2.18. The third kappa shape index (κ3) is 3.36. The van der Waals surface area contributed by atoms with Crippen LogP contribution >= 0.6 is 11.6 Å². The first-order valence-corrected chi connectivity index (χ1v) is 9.24. The smallest absolute Gasteiger partial charge is 0.262 e. The van der Waals surface area contributed by atoms with Crippen LogP contribution in [0.15, 0.2) is 59.5 Å². The second-order valence-corrected chi connectivity index (χ2v) is 7.35. The molecule has 3 aromatic rings. The SMILES string of the molecule is COc1ccc(S(=O)(=O)Nc2ccc(Cl)c3ccccc23)cc1OC. The molecule has 0 unspecified atom stereocenters. The predicted molar refractivity (Wildman–Crippen MR) is 99.3 cm³/mol. The quantitative estimate of drug-likeness (QED) is 0.719. The van der Waals surface area contributed by atoms with E-state index >= 15 is 0 Å². The molecule has 0 atom stereocenters. The van der Waals surface area contributed by atoms with Gasteiger partial charge in [-0.25, -0.2) is 8.42 Å². The van der Waals surface area contributed by atoms with E-state index in [0.29, 0.717) is 22.2 Å². The molecule has 0 spiro atoms. The van der Waals surface area contributed by atoms with Crippen molar-refractivity contribution in [1.29, 1.82) is 0 Å². The Labute approximate surface area is 151 Å². The number of hydrogen-bond acceptors (Lipinski definition) is 4. The number of hydrogen-bond donors (Lipinski definition) is 1. The minimum absolute atomic E-state index is 0.0733. The summed E-state index contributed by atoms with van der Waals surface area (Å²) in [6.45, 7) is 0. The van der Waals surface area contributed by atoms with Gasteiger partial charge in [0, 0.05) is 21.9 Å². The molecule has 0 fully saturated rings. The van der Waals surface area contributed by atoms with Crippen LogP contribution in [0.4, 0.5) is 5.69 Å². The molecule has 0 amide bonds. The summed E-state index contributed by atoms with van der Waals surface area (Å²) >= 11 is 6.18. The normalized spacial score (nSPS) is 11.3. The molecule has 3 aromatic carbocycles. The number of benzene rings is 3. The maximum Gasteiger partial charge on any atom is 0.262 e. The largest absolute Gasteiger partial charge is 0.493 e. The summed E-state index contributed by atoms with van der Waals surface area (Å²) in [5.41, 5.74) is 0.454. The minimum Gasteiger partial charge on any atom is -0.493 e. The molecule has 1 N–H and O–H groups in total. The number of halogens is 1. The van der Waals surface area contributed by atoms with Crippen molar-refractivity contribution in [3.63, 3.8) is 0 Å². The van der Waals surface area contributed by atoms with Crippen molar-refractivity contribution >= 4 is 38.1 Å². The van der Waals surface area contributed by atoms with Gasteiger partial charge in [0.1, 0.15) is 0 Å². The number of methoxy groups -OCH3 is 2.